The predicted octanol–water partition coefficient (Wildman–Crippen LogP) is 5.26. The zero-order valence-electron chi connectivity index (χ0n) is 17.0. The van der Waals surface area contributed by atoms with Gasteiger partial charge in [0.15, 0.2) is 5.82 Å². The van der Waals surface area contributed by atoms with Crippen LogP contribution in [0.4, 0.5) is 5.82 Å². The first-order chi connectivity index (χ1) is 13.8. The van der Waals surface area contributed by atoms with Crippen LogP contribution in [0.1, 0.15) is 26.0 Å². The molecule has 0 aliphatic rings. The molecule has 0 aliphatic heterocycles. The Labute approximate surface area is 177 Å². The molecule has 1 atom stereocenters. The molecule has 4 N–H and O–H groups in total. The van der Waals surface area contributed by atoms with Crippen LogP contribution in [0.3, 0.4) is 0 Å². The number of phenols is 1. The van der Waals surface area contributed by atoms with Crippen molar-refractivity contribution in [1.29, 1.82) is 0 Å². The normalized spacial score (nSPS) is 12.2. The Morgan fingerprint density at radius 1 is 1.10 bits per heavy atom. The van der Waals surface area contributed by atoms with Gasteiger partial charge in [0.05, 0.1) is 11.3 Å². The van der Waals surface area contributed by atoms with Gasteiger partial charge < -0.3 is 16.2 Å². The molecule has 2 aromatic carbocycles. The van der Waals surface area contributed by atoms with E-state index in [1.807, 2.05) is 37.3 Å². The van der Waals surface area contributed by atoms with Crippen LogP contribution >= 0.6 is 11.6 Å². The van der Waals surface area contributed by atoms with Crippen molar-refractivity contribution in [1.82, 2.24) is 9.97 Å². The Morgan fingerprint density at radius 2 is 1.83 bits per heavy atom. The van der Waals surface area contributed by atoms with Crippen molar-refractivity contribution in [2.45, 2.75) is 33.2 Å². The van der Waals surface area contributed by atoms with Crippen LogP contribution < -0.4 is 11.1 Å². The molecule has 1 aromatic heterocycles. The average Bonchev–Trinajstić information content (AvgIpc) is 2.68. The van der Waals surface area contributed by atoms with E-state index >= 15 is 0 Å². The summed E-state index contributed by atoms with van der Waals surface area (Å²) in [5.74, 6) is 1.72. The summed E-state index contributed by atoms with van der Waals surface area (Å²) < 4.78 is 0. The molecule has 0 unspecified atom stereocenters. The van der Waals surface area contributed by atoms with E-state index in [0.717, 1.165) is 23.2 Å². The molecule has 0 bridgehead atoms. The molecule has 0 amide bonds. The molecule has 0 radical (unpaired) electrons. The first-order valence-electron chi connectivity index (χ1n) is 9.77. The number of nitrogens with one attached hydrogen (secondary N) is 1. The number of rotatable bonds is 7. The van der Waals surface area contributed by atoms with Gasteiger partial charge in [-0.25, -0.2) is 9.97 Å². The Bertz CT molecular complexity index is 976. The molecule has 3 aromatic rings. The molecule has 6 heteroatoms. The van der Waals surface area contributed by atoms with Gasteiger partial charge in [-0.15, -0.1) is 0 Å². The number of phenolic OH excluding ortho intramolecular Hbond substituents is 1. The maximum Gasteiger partial charge on any atom is 0.165 e. The van der Waals surface area contributed by atoms with Crippen molar-refractivity contribution in [3.8, 4) is 28.3 Å². The van der Waals surface area contributed by atoms with E-state index in [1.54, 1.807) is 18.2 Å². The summed E-state index contributed by atoms with van der Waals surface area (Å²) in [5.41, 5.74) is 9.52. The van der Waals surface area contributed by atoms with Crippen LogP contribution in [0.5, 0.6) is 5.75 Å². The number of hydrogen-bond donors (Lipinski definition) is 3. The van der Waals surface area contributed by atoms with Crippen molar-refractivity contribution in [3.05, 3.63) is 59.2 Å². The van der Waals surface area contributed by atoms with Crippen molar-refractivity contribution in [2.75, 3.05) is 11.9 Å². The third kappa shape index (κ3) is 5.25. The van der Waals surface area contributed by atoms with Gasteiger partial charge in [-0.2, -0.15) is 0 Å². The van der Waals surface area contributed by atoms with Crippen molar-refractivity contribution in [3.63, 3.8) is 0 Å². The van der Waals surface area contributed by atoms with Gasteiger partial charge in [-0.05, 0) is 43.0 Å². The summed E-state index contributed by atoms with van der Waals surface area (Å²) in [4.78, 5) is 9.39. The van der Waals surface area contributed by atoms with Crippen LogP contribution in [0.25, 0.3) is 22.5 Å². The average molecular weight is 411 g/mol. The number of nitrogens with zero attached hydrogens (tertiary/aromatic N) is 2. The maximum atomic E-state index is 10.3. The van der Waals surface area contributed by atoms with E-state index in [2.05, 4.69) is 24.1 Å². The Hall–Kier alpha value is -2.63. The monoisotopic (exact) mass is 410 g/mol. The summed E-state index contributed by atoms with van der Waals surface area (Å²) >= 11 is 6.13. The topological polar surface area (TPSA) is 84.1 Å². The van der Waals surface area contributed by atoms with E-state index in [4.69, 9.17) is 22.3 Å². The van der Waals surface area contributed by atoms with E-state index < -0.39 is 0 Å². The first kappa shape index (κ1) is 21.1. The fraction of sp³-hybridized carbons (Fsp3) is 0.304. The van der Waals surface area contributed by atoms with Crippen LogP contribution in [-0.2, 0) is 0 Å². The van der Waals surface area contributed by atoms with Crippen LogP contribution in [0, 0.1) is 12.8 Å². The molecule has 0 spiro atoms. The Morgan fingerprint density at radius 3 is 2.52 bits per heavy atom. The van der Waals surface area contributed by atoms with Gasteiger partial charge in [0.25, 0.3) is 0 Å². The quantitative estimate of drug-likeness (QED) is 0.494. The smallest absolute Gasteiger partial charge is 0.165 e. The number of aromatic nitrogens is 2. The molecular formula is C23H27ClN4O. The third-order valence-corrected chi connectivity index (χ3v) is 4.89. The lowest BCUT2D eigenvalue weighted by Crippen LogP contribution is -2.31. The minimum atomic E-state index is 0.0110. The third-order valence-electron chi connectivity index (χ3n) is 4.66. The number of halogens is 1. The molecule has 0 saturated carbocycles. The summed E-state index contributed by atoms with van der Waals surface area (Å²) in [7, 11) is 0. The van der Waals surface area contributed by atoms with Crippen LogP contribution in [0.2, 0.25) is 5.02 Å². The number of aromatic hydroxyl groups is 1. The zero-order chi connectivity index (χ0) is 21.0. The van der Waals surface area contributed by atoms with E-state index in [9.17, 15) is 5.11 Å². The van der Waals surface area contributed by atoms with Gasteiger partial charge in [0, 0.05) is 23.2 Å². The highest BCUT2D eigenvalue weighted by molar-refractivity contribution is 6.30. The van der Waals surface area contributed by atoms with Crippen molar-refractivity contribution < 1.29 is 5.11 Å². The largest absolute Gasteiger partial charge is 0.507 e. The molecular weight excluding hydrogens is 384 g/mol. The predicted molar refractivity (Wildman–Crippen MR) is 120 cm³/mol. The molecule has 3 rings (SSSR count). The molecule has 0 fully saturated rings. The summed E-state index contributed by atoms with van der Waals surface area (Å²) in [6.07, 6.45) is 0.916. The lowest BCUT2D eigenvalue weighted by molar-refractivity contribution is 0.477. The number of hydrogen-bond acceptors (Lipinski definition) is 5. The second-order valence-electron chi connectivity index (χ2n) is 7.65. The van der Waals surface area contributed by atoms with Crippen LogP contribution in [0.15, 0.2) is 48.5 Å². The van der Waals surface area contributed by atoms with Crippen molar-refractivity contribution >= 4 is 17.4 Å². The SMILES string of the molecule is Cc1nc(-c2cc(Cl)ccc2O)nc(NC[C@@H](N)CC(C)C)c1-c1ccccc1. The van der Waals surface area contributed by atoms with Gasteiger partial charge in [0.1, 0.15) is 11.6 Å². The fourth-order valence-electron chi connectivity index (χ4n) is 3.38. The van der Waals surface area contributed by atoms with Gasteiger partial charge in [-0.3, -0.25) is 0 Å². The van der Waals surface area contributed by atoms with Gasteiger partial charge in [-0.1, -0.05) is 55.8 Å². The molecule has 1 heterocycles. The fourth-order valence-corrected chi connectivity index (χ4v) is 3.55. The van der Waals surface area contributed by atoms with Gasteiger partial charge >= 0.3 is 0 Å². The summed E-state index contributed by atoms with van der Waals surface area (Å²) in [6, 6.07) is 14.9. The minimum Gasteiger partial charge on any atom is -0.507 e. The number of benzene rings is 2. The van der Waals surface area contributed by atoms with E-state index in [0.29, 0.717) is 34.7 Å². The molecule has 0 saturated heterocycles. The lowest BCUT2D eigenvalue weighted by Gasteiger charge is -2.19. The second kappa shape index (κ2) is 9.25. The summed E-state index contributed by atoms with van der Waals surface area (Å²) in [6.45, 7) is 6.85. The lowest BCUT2D eigenvalue weighted by atomic mass is 10.0. The maximum absolute atomic E-state index is 10.3. The molecule has 152 valence electrons. The highest BCUT2D eigenvalue weighted by Crippen LogP contribution is 2.35. The first-order valence-corrected chi connectivity index (χ1v) is 10.2. The summed E-state index contributed by atoms with van der Waals surface area (Å²) in [5, 5.41) is 14.2. The highest BCUT2D eigenvalue weighted by atomic mass is 35.5. The standard InChI is InChI=1S/C23H27ClN4O/c1-14(2)11-18(25)13-26-23-21(16-7-5-4-6-8-16)15(3)27-22(28-23)19-12-17(24)9-10-20(19)29/h4-10,12,14,18,29H,11,13,25H2,1-3H3,(H,26,27,28)/t18-/m0/s1. The molecule has 5 nitrogen and oxygen atoms in total. The van der Waals surface area contributed by atoms with Crippen LogP contribution in [-0.4, -0.2) is 27.7 Å². The molecule has 0 aliphatic carbocycles. The number of nitrogens with two attached hydrogens (primary N) is 1. The number of aryl methyl sites for hydroxylation is 1. The minimum absolute atomic E-state index is 0.0110. The molecule has 29 heavy (non-hydrogen) atoms. The highest BCUT2D eigenvalue weighted by Gasteiger charge is 2.17. The Kier molecular flexibility index (Phi) is 6.72. The van der Waals surface area contributed by atoms with Gasteiger partial charge in [0.2, 0.25) is 0 Å². The second-order valence-corrected chi connectivity index (χ2v) is 8.09. The van der Waals surface area contributed by atoms with E-state index in [-0.39, 0.29) is 11.8 Å². The number of anilines is 1. The Balaban J connectivity index is 2.06. The zero-order valence-corrected chi connectivity index (χ0v) is 17.7. The van der Waals surface area contributed by atoms with Crippen molar-refractivity contribution in [2.24, 2.45) is 11.7 Å². The van der Waals surface area contributed by atoms with E-state index in [1.165, 1.54) is 0 Å².